The Morgan fingerprint density at radius 3 is 2.04 bits per heavy atom. The first kappa shape index (κ1) is 22.2. The minimum Gasteiger partial charge on any atom is -0.550 e. The van der Waals surface area contributed by atoms with Gasteiger partial charge < -0.3 is 19.8 Å². The second kappa shape index (κ2) is 11.7. The molecule has 1 rings (SSSR count). The lowest BCUT2D eigenvalue weighted by Gasteiger charge is -2.26. The Bertz CT molecular complexity index is 536. The molecule has 0 aliphatic carbocycles. The van der Waals surface area contributed by atoms with E-state index in [4.69, 9.17) is 0 Å². The summed E-state index contributed by atoms with van der Waals surface area (Å²) in [5.41, 5.74) is 0.572. The zero-order chi connectivity index (χ0) is 19.4. The topological polar surface area (TPSA) is 80.3 Å². The van der Waals surface area contributed by atoms with Gasteiger partial charge in [-0.3, -0.25) is 0 Å². The van der Waals surface area contributed by atoms with E-state index in [0.29, 0.717) is 18.8 Å². The zero-order valence-electron chi connectivity index (χ0n) is 16.2. The van der Waals surface area contributed by atoms with Crippen LogP contribution < -0.4 is 10.2 Å². The quantitative estimate of drug-likeness (QED) is 0.477. The number of carboxylic acids is 2. The molecule has 0 amide bonds. The molecule has 4 nitrogen and oxygen atoms in total. The maximum Gasteiger partial charge on any atom is 0.0470 e. The molecule has 0 spiro atoms. The molecule has 0 saturated carbocycles. The average Bonchev–Trinajstić information content (AvgIpc) is 2.60. The molecule has 0 aliphatic rings. The molecule has 0 N–H and O–H groups in total. The fraction of sp³-hybridized carbons (Fsp3) is 0.636. The number of hydrogen-bond acceptors (Lipinski definition) is 4. The number of carboxylic acid groups (broad SMARTS) is 2. The highest BCUT2D eigenvalue weighted by Gasteiger charge is 2.19. The Balaban J connectivity index is 2.40. The predicted molar refractivity (Wildman–Crippen MR) is 99.1 cm³/mol. The molecule has 4 heteroatoms. The lowest BCUT2D eigenvalue weighted by molar-refractivity contribution is -0.318. The van der Waals surface area contributed by atoms with Crippen molar-refractivity contribution in [3.05, 3.63) is 35.9 Å². The third kappa shape index (κ3) is 9.02. The van der Waals surface area contributed by atoms with Crippen molar-refractivity contribution in [2.24, 2.45) is 5.41 Å². The van der Waals surface area contributed by atoms with Crippen LogP contribution in [0.2, 0.25) is 0 Å². The lowest BCUT2D eigenvalue weighted by atomic mass is 9.84. The van der Waals surface area contributed by atoms with Crippen LogP contribution in [0.1, 0.15) is 89.5 Å². The Hall–Kier alpha value is -1.84. The summed E-state index contributed by atoms with van der Waals surface area (Å²) in [5, 5.41) is 21.5. The first-order valence-electron chi connectivity index (χ1n) is 9.79. The summed E-state index contributed by atoms with van der Waals surface area (Å²) in [6, 6.07) is 10.4. The van der Waals surface area contributed by atoms with Crippen molar-refractivity contribution in [1.82, 2.24) is 0 Å². The number of benzene rings is 1. The van der Waals surface area contributed by atoms with Gasteiger partial charge in [-0.25, -0.2) is 0 Å². The normalized spacial score (nSPS) is 12.7. The minimum atomic E-state index is -0.978. The van der Waals surface area contributed by atoms with Crippen molar-refractivity contribution in [1.29, 1.82) is 0 Å². The third-order valence-electron chi connectivity index (χ3n) is 5.11. The molecule has 26 heavy (non-hydrogen) atoms. The van der Waals surface area contributed by atoms with Gasteiger partial charge in [0.25, 0.3) is 0 Å². The summed E-state index contributed by atoms with van der Waals surface area (Å²) < 4.78 is 0. The SMILES string of the molecule is CC(C)(CCCCC(CCCCCCC(=O)[O-])c1ccccc1)C(=O)[O-]. The Kier molecular flexibility index (Phi) is 10.0. The van der Waals surface area contributed by atoms with E-state index >= 15 is 0 Å². The maximum atomic E-state index is 11.1. The number of carbonyl (C=O) groups is 2. The molecule has 0 aliphatic heterocycles. The third-order valence-corrected chi connectivity index (χ3v) is 5.11. The van der Waals surface area contributed by atoms with E-state index in [9.17, 15) is 19.8 Å². The molecule has 0 radical (unpaired) electrons. The van der Waals surface area contributed by atoms with Crippen LogP contribution in [-0.4, -0.2) is 11.9 Å². The highest BCUT2D eigenvalue weighted by molar-refractivity contribution is 5.71. The van der Waals surface area contributed by atoms with Crippen molar-refractivity contribution in [2.45, 2.75) is 84.0 Å². The van der Waals surface area contributed by atoms with Crippen molar-refractivity contribution < 1.29 is 19.8 Å². The fourth-order valence-electron chi connectivity index (χ4n) is 3.28. The van der Waals surface area contributed by atoms with Crippen LogP contribution in [0.25, 0.3) is 0 Å². The van der Waals surface area contributed by atoms with Gasteiger partial charge in [0.1, 0.15) is 0 Å². The second-order valence-electron chi connectivity index (χ2n) is 7.85. The molecular formula is C22H32O4-2. The maximum absolute atomic E-state index is 11.1. The first-order chi connectivity index (χ1) is 12.3. The number of hydrogen-bond donors (Lipinski definition) is 0. The largest absolute Gasteiger partial charge is 0.550 e. The van der Waals surface area contributed by atoms with E-state index in [1.54, 1.807) is 13.8 Å². The van der Waals surface area contributed by atoms with Gasteiger partial charge >= 0.3 is 0 Å². The molecule has 0 bridgehead atoms. The highest BCUT2D eigenvalue weighted by atomic mass is 16.4. The predicted octanol–water partition coefficient (Wildman–Crippen LogP) is 3.20. The summed E-state index contributed by atoms with van der Waals surface area (Å²) in [6.45, 7) is 3.45. The smallest absolute Gasteiger partial charge is 0.0470 e. The molecule has 0 aromatic heterocycles. The molecule has 1 atom stereocenters. The highest BCUT2D eigenvalue weighted by Crippen LogP contribution is 2.30. The minimum absolute atomic E-state index is 0.149. The van der Waals surface area contributed by atoms with Crippen molar-refractivity contribution >= 4 is 11.9 Å². The molecular weight excluding hydrogens is 328 g/mol. The summed E-state index contributed by atoms with van der Waals surface area (Å²) in [7, 11) is 0. The number of carbonyl (C=O) groups excluding carboxylic acids is 2. The molecule has 1 aromatic rings. The van der Waals surface area contributed by atoms with Gasteiger partial charge in [0.15, 0.2) is 0 Å². The van der Waals surface area contributed by atoms with Crippen LogP contribution in [0.4, 0.5) is 0 Å². The number of rotatable bonds is 14. The van der Waals surface area contributed by atoms with E-state index in [0.717, 1.165) is 44.9 Å². The average molecular weight is 360 g/mol. The van der Waals surface area contributed by atoms with Gasteiger partial charge in [0.2, 0.25) is 0 Å². The summed E-state index contributed by atoms with van der Waals surface area (Å²) in [6.07, 6.45) is 8.54. The van der Waals surface area contributed by atoms with Crippen LogP contribution in [0.5, 0.6) is 0 Å². The number of unbranched alkanes of at least 4 members (excludes halogenated alkanes) is 4. The van der Waals surface area contributed by atoms with Crippen molar-refractivity contribution in [2.75, 3.05) is 0 Å². The van der Waals surface area contributed by atoms with Crippen LogP contribution in [0, 0.1) is 5.41 Å². The Morgan fingerprint density at radius 1 is 0.885 bits per heavy atom. The zero-order valence-corrected chi connectivity index (χ0v) is 16.2. The van der Waals surface area contributed by atoms with Gasteiger partial charge in [-0.2, -0.15) is 0 Å². The number of aliphatic carboxylic acids is 2. The second-order valence-corrected chi connectivity index (χ2v) is 7.85. The molecule has 0 fully saturated rings. The molecule has 0 saturated heterocycles. The summed E-state index contributed by atoms with van der Waals surface area (Å²) >= 11 is 0. The van der Waals surface area contributed by atoms with Gasteiger partial charge in [-0.15, -0.1) is 0 Å². The molecule has 1 aromatic carbocycles. The van der Waals surface area contributed by atoms with Crippen molar-refractivity contribution in [3.8, 4) is 0 Å². The van der Waals surface area contributed by atoms with Gasteiger partial charge in [0.05, 0.1) is 0 Å². The monoisotopic (exact) mass is 360 g/mol. The molecule has 146 valence electrons. The molecule has 0 heterocycles. The first-order valence-corrected chi connectivity index (χ1v) is 9.79. The summed E-state index contributed by atoms with van der Waals surface area (Å²) in [5.74, 6) is -1.47. The van der Waals surface area contributed by atoms with E-state index in [2.05, 4.69) is 24.3 Å². The van der Waals surface area contributed by atoms with Gasteiger partial charge in [0, 0.05) is 17.4 Å². The van der Waals surface area contributed by atoms with Crippen LogP contribution in [-0.2, 0) is 9.59 Å². The van der Waals surface area contributed by atoms with E-state index in [-0.39, 0.29) is 6.42 Å². The Morgan fingerprint density at radius 2 is 1.46 bits per heavy atom. The standard InChI is InChI=1S/C22H34O4/c1-22(2,21(25)26)17-11-10-15-19(18-13-7-5-8-14-18)12-6-3-4-9-16-20(23)24/h5,7-8,13-14,19H,3-4,6,9-12,15-17H2,1-2H3,(H,23,24)(H,25,26)/p-2. The van der Waals surface area contributed by atoms with E-state index in [1.165, 1.54) is 5.56 Å². The van der Waals surface area contributed by atoms with Gasteiger partial charge in [-0.1, -0.05) is 76.3 Å². The molecule has 1 unspecified atom stereocenters. The van der Waals surface area contributed by atoms with Gasteiger partial charge in [-0.05, 0) is 43.6 Å². The van der Waals surface area contributed by atoms with E-state index in [1.807, 2.05) is 6.07 Å². The fourth-order valence-corrected chi connectivity index (χ4v) is 3.28. The lowest BCUT2D eigenvalue weighted by Crippen LogP contribution is -2.37. The van der Waals surface area contributed by atoms with Crippen molar-refractivity contribution in [3.63, 3.8) is 0 Å². The van der Waals surface area contributed by atoms with Crippen LogP contribution >= 0.6 is 0 Å². The van der Waals surface area contributed by atoms with E-state index < -0.39 is 17.4 Å². The summed E-state index contributed by atoms with van der Waals surface area (Å²) in [4.78, 5) is 21.5. The Labute approximate surface area is 157 Å². The van der Waals surface area contributed by atoms with Crippen LogP contribution in [0.15, 0.2) is 30.3 Å². The van der Waals surface area contributed by atoms with Crippen LogP contribution in [0.3, 0.4) is 0 Å².